The summed E-state index contributed by atoms with van der Waals surface area (Å²) in [7, 11) is 2.00. The number of aromatic nitrogens is 3. The Morgan fingerprint density at radius 2 is 2.26 bits per heavy atom. The zero-order chi connectivity index (χ0) is 17.0. The summed E-state index contributed by atoms with van der Waals surface area (Å²) in [6, 6.07) is 3.81. The van der Waals surface area contributed by atoms with Crippen LogP contribution in [-0.2, 0) is 4.79 Å². The van der Waals surface area contributed by atoms with E-state index in [0.717, 1.165) is 22.8 Å². The molecule has 1 atom stereocenters. The number of carbonyl (C=O) groups excluding carboxylic acids is 1. The summed E-state index contributed by atoms with van der Waals surface area (Å²) in [5.41, 5.74) is 2.58. The summed E-state index contributed by atoms with van der Waals surface area (Å²) in [6.07, 6.45) is 7.42. The monoisotopic (exact) mass is 330 g/mol. The molecule has 7 heteroatoms. The molecule has 1 amide bonds. The van der Waals surface area contributed by atoms with Crippen molar-refractivity contribution >= 4 is 31.2 Å². The van der Waals surface area contributed by atoms with E-state index in [-0.39, 0.29) is 5.91 Å². The van der Waals surface area contributed by atoms with Crippen LogP contribution in [0.4, 0.5) is 5.69 Å². The summed E-state index contributed by atoms with van der Waals surface area (Å²) in [5, 5.41) is 4.13. The van der Waals surface area contributed by atoms with Gasteiger partial charge in [0.15, 0.2) is 0 Å². The van der Waals surface area contributed by atoms with E-state index >= 15 is 0 Å². The Morgan fingerprint density at radius 3 is 2.83 bits per heavy atom. The van der Waals surface area contributed by atoms with Crippen LogP contribution in [0.1, 0.15) is 19.5 Å². The molecule has 0 aliphatic rings. The molecular formula is C16H23BN4OS. The molecule has 0 N–H and O–H groups in total. The van der Waals surface area contributed by atoms with E-state index in [1.165, 1.54) is 0 Å². The van der Waals surface area contributed by atoms with Crippen molar-refractivity contribution in [1.82, 2.24) is 14.8 Å². The van der Waals surface area contributed by atoms with Gasteiger partial charge in [-0.2, -0.15) is 16.9 Å². The molecule has 5 nitrogen and oxygen atoms in total. The quantitative estimate of drug-likeness (QED) is 0.761. The molecule has 2 aromatic heterocycles. The number of nitrogens with zero attached hydrogens (tertiary/aromatic N) is 4. The second-order valence-corrected chi connectivity index (χ2v) is 6.99. The molecule has 122 valence electrons. The number of pyridine rings is 1. The van der Waals surface area contributed by atoms with E-state index in [4.69, 9.17) is 0 Å². The minimum atomic E-state index is -0.404. The van der Waals surface area contributed by atoms with Crippen LogP contribution in [-0.4, -0.2) is 47.1 Å². The first kappa shape index (κ1) is 17.6. The molecule has 0 aliphatic heterocycles. The van der Waals surface area contributed by atoms with E-state index in [1.54, 1.807) is 28.8 Å². The molecule has 1 unspecified atom stereocenters. The highest BCUT2D eigenvalue weighted by Gasteiger charge is 2.32. The molecule has 2 rings (SSSR count). The van der Waals surface area contributed by atoms with Gasteiger partial charge in [-0.15, -0.1) is 0 Å². The summed E-state index contributed by atoms with van der Waals surface area (Å²) in [5.74, 6) is 0.918. The number of aryl methyl sites for hydroxylation is 1. The second-order valence-electron chi connectivity index (χ2n) is 6.12. The van der Waals surface area contributed by atoms with Crippen molar-refractivity contribution in [2.75, 3.05) is 23.5 Å². The molecule has 2 aromatic rings. The van der Waals surface area contributed by atoms with Gasteiger partial charge >= 0.3 is 0 Å². The Labute approximate surface area is 142 Å². The van der Waals surface area contributed by atoms with Crippen molar-refractivity contribution < 1.29 is 4.79 Å². The summed E-state index contributed by atoms with van der Waals surface area (Å²) in [6.45, 7) is 6.54. The van der Waals surface area contributed by atoms with Crippen LogP contribution in [0, 0.1) is 6.92 Å². The van der Waals surface area contributed by atoms with Gasteiger partial charge in [-0.05, 0) is 38.0 Å². The maximum Gasteiger partial charge on any atom is 0.225 e. The SMILES string of the molecule is BC(C)(CSC)C(=O)N(CC)c1cn(-c2cccnc2)nc1C. The van der Waals surface area contributed by atoms with E-state index < -0.39 is 5.31 Å². The number of hydrogen-bond donors (Lipinski definition) is 0. The van der Waals surface area contributed by atoms with Crippen LogP contribution in [0.2, 0.25) is 5.31 Å². The smallest absolute Gasteiger partial charge is 0.225 e. The number of rotatable bonds is 6. The predicted molar refractivity (Wildman–Crippen MR) is 99.4 cm³/mol. The van der Waals surface area contributed by atoms with Gasteiger partial charge in [-0.3, -0.25) is 9.78 Å². The van der Waals surface area contributed by atoms with Gasteiger partial charge in [0.2, 0.25) is 5.91 Å². The predicted octanol–water partition coefficient (Wildman–Crippen LogP) is 2.10. The van der Waals surface area contributed by atoms with Crippen LogP contribution in [0.3, 0.4) is 0 Å². The maximum absolute atomic E-state index is 12.9. The average Bonchev–Trinajstić information content (AvgIpc) is 2.91. The standard InChI is InChI=1S/C16H23BN4OS/c1-5-20(15(22)16(3,17)11-23-4)14-10-21(19-12(14)2)13-7-6-8-18-9-13/h6-10H,5,11,17H2,1-4H3. The minimum absolute atomic E-state index is 0.128. The van der Waals surface area contributed by atoms with Crippen LogP contribution in [0.15, 0.2) is 30.7 Å². The summed E-state index contributed by atoms with van der Waals surface area (Å²) in [4.78, 5) is 18.9. The Kier molecular flexibility index (Phi) is 5.52. The molecule has 0 aromatic carbocycles. The van der Waals surface area contributed by atoms with Gasteiger partial charge in [-0.1, -0.05) is 6.92 Å². The van der Waals surface area contributed by atoms with Crippen molar-refractivity contribution in [3.8, 4) is 5.69 Å². The fourth-order valence-corrected chi connectivity index (χ4v) is 3.39. The topological polar surface area (TPSA) is 51.0 Å². The van der Waals surface area contributed by atoms with Crippen molar-refractivity contribution in [2.24, 2.45) is 0 Å². The third-order valence-electron chi connectivity index (χ3n) is 3.72. The van der Waals surface area contributed by atoms with Crippen molar-refractivity contribution in [1.29, 1.82) is 0 Å². The normalized spacial score (nSPS) is 13.6. The molecule has 0 saturated carbocycles. The minimum Gasteiger partial charge on any atom is -0.310 e. The number of anilines is 1. The van der Waals surface area contributed by atoms with Crippen molar-refractivity contribution in [3.05, 3.63) is 36.4 Å². The fourth-order valence-electron chi connectivity index (χ4n) is 2.55. The lowest BCUT2D eigenvalue weighted by Gasteiger charge is -2.30. The number of carbonyl (C=O) groups is 1. The first-order valence-corrected chi connectivity index (χ1v) is 9.07. The lowest BCUT2D eigenvalue weighted by atomic mass is 9.71. The maximum atomic E-state index is 12.9. The number of thioether (sulfide) groups is 1. The Hall–Kier alpha value is -1.76. The number of hydrogen-bond acceptors (Lipinski definition) is 4. The van der Waals surface area contributed by atoms with Gasteiger partial charge < -0.3 is 4.90 Å². The highest BCUT2D eigenvalue weighted by atomic mass is 32.2. The van der Waals surface area contributed by atoms with Crippen molar-refractivity contribution in [3.63, 3.8) is 0 Å². The highest BCUT2D eigenvalue weighted by Crippen LogP contribution is 2.31. The summed E-state index contributed by atoms with van der Waals surface area (Å²) >= 11 is 1.69. The lowest BCUT2D eigenvalue weighted by molar-refractivity contribution is -0.120. The van der Waals surface area contributed by atoms with Gasteiger partial charge in [0.25, 0.3) is 0 Å². The van der Waals surface area contributed by atoms with E-state index in [1.807, 2.05) is 58.1 Å². The first-order chi connectivity index (χ1) is 10.9. The van der Waals surface area contributed by atoms with Crippen LogP contribution < -0.4 is 4.90 Å². The number of amides is 1. The van der Waals surface area contributed by atoms with E-state index in [0.29, 0.717) is 6.54 Å². The lowest BCUT2D eigenvalue weighted by Crippen LogP contribution is -2.40. The molecule has 0 spiro atoms. The Morgan fingerprint density at radius 1 is 1.52 bits per heavy atom. The Bertz CT molecular complexity index is 672. The summed E-state index contributed by atoms with van der Waals surface area (Å²) < 4.78 is 1.77. The molecule has 0 radical (unpaired) electrons. The molecule has 23 heavy (non-hydrogen) atoms. The fraction of sp³-hybridized carbons (Fsp3) is 0.438. The van der Waals surface area contributed by atoms with Gasteiger partial charge in [-0.25, -0.2) is 4.68 Å². The highest BCUT2D eigenvalue weighted by molar-refractivity contribution is 7.98. The van der Waals surface area contributed by atoms with E-state index in [2.05, 4.69) is 10.1 Å². The van der Waals surface area contributed by atoms with Gasteiger partial charge in [0.05, 0.1) is 29.5 Å². The first-order valence-electron chi connectivity index (χ1n) is 7.68. The van der Waals surface area contributed by atoms with Gasteiger partial charge in [0, 0.05) is 18.1 Å². The molecule has 0 fully saturated rings. The van der Waals surface area contributed by atoms with Gasteiger partial charge in [0.1, 0.15) is 7.85 Å². The van der Waals surface area contributed by atoms with Crippen LogP contribution in [0.25, 0.3) is 5.69 Å². The van der Waals surface area contributed by atoms with Crippen LogP contribution >= 0.6 is 11.8 Å². The third-order valence-corrected chi connectivity index (χ3v) is 4.73. The zero-order valence-electron chi connectivity index (χ0n) is 14.4. The second kappa shape index (κ2) is 7.21. The van der Waals surface area contributed by atoms with Crippen molar-refractivity contribution in [2.45, 2.75) is 26.1 Å². The average molecular weight is 330 g/mol. The molecule has 0 bridgehead atoms. The molecule has 0 aliphatic carbocycles. The Balaban J connectivity index is 2.36. The molecular weight excluding hydrogens is 307 g/mol. The zero-order valence-corrected chi connectivity index (χ0v) is 15.2. The van der Waals surface area contributed by atoms with E-state index in [9.17, 15) is 4.79 Å². The molecule has 2 heterocycles. The largest absolute Gasteiger partial charge is 0.310 e. The van der Waals surface area contributed by atoms with Crippen LogP contribution in [0.5, 0.6) is 0 Å². The third kappa shape index (κ3) is 3.78. The molecule has 0 saturated heterocycles.